The van der Waals surface area contributed by atoms with Crippen molar-refractivity contribution in [3.63, 3.8) is 0 Å². The maximum absolute atomic E-state index is 11.6. The van der Waals surface area contributed by atoms with Crippen molar-refractivity contribution < 1.29 is 4.79 Å². The Bertz CT molecular complexity index is 462. The van der Waals surface area contributed by atoms with E-state index < -0.39 is 0 Å². The van der Waals surface area contributed by atoms with Gasteiger partial charge in [0.1, 0.15) is 0 Å². The van der Waals surface area contributed by atoms with Gasteiger partial charge >= 0.3 is 0 Å². The van der Waals surface area contributed by atoms with E-state index in [1.54, 1.807) is 29.6 Å². The highest BCUT2D eigenvalue weighted by atomic mass is 16.2. The third-order valence-electron chi connectivity index (χ3n) is 2.95. The second-order valence-corrected chi connectivity index (χ2v) is 3.87. The number of carbonyl (C=O) groups excluding carboxylic acids is 1. The first kappa shape index (κ1) is 9.96. The lowest BCUT2D eigenvalue weighted by molar-refractivity contribution is -0.118. The number of anilines is 1. The number of amides is 1. The highest BCUT2D eigenvalue weighted by Crippen LogP contribution is 2.23. The highest BCUT2D eigenvalue weighted by Gasteiger charge is 2.20. The van der Waals surface area contributed by atoms with Gasteiger partial charge in [0.05, 0.1) is 5.69 Å². The Morgan fingerprint density at radius 2 is 1.87 bits per heavy atom. The third-order valence-corrected chi connectivity index (χ3v) is 2.95. The summed E-state index contributed by atoms with van der Waals surface area (Å²) in [6, 6.07) is 3.24. The molecule has 0 spiro atoms. The summed E-state index contributed by atoms with van der Waals surface area (Å²) in [4.78, 5) is 24.7. The maximum Gasteiger partial charge on any atom is 0.250 e. The fraction of sp³-hybridized carbons (Fsp3) is 0.455. The van der Waals surface area contributed by atoms with Crippen LogP contribution in [0.25, 0.3) is 0 Å². The van der Waals surface area contributed by atoms with Gasteiger partial charge in [-0.15, -0.1) is 0 Å². The van der Waals surface area contributed by atoms with Gasteiger partial charge in [0, 0.05) is 32.3 Å². The minimum Gasteiger partial charge on any atom is -0.314 e. The zero-order valence-corrected chi connectivity index (χ0v) is 8.99. The maximum atomic E-state index is 11.6. The van der Waals surface area contributed by atoms with Crippen LogP contribution in [0.5, 0.6) is 0 Å². The van der Waals surface area contributed by atoms with E-state index in [0.717, 1.165) is 24.2 Å². The van der Waals surface area contributed by atoms with E-state index in [2.05, 4.69) is 0 Å². The van der Waals surface area contributed by atoms with Crippen LogP contribution in [-0.4, -0.2) is 17.5 Å². The molecule has 0 saturated heterocycles. The quantitative estimate of drug-likeness (QED) is 0.626. The largest absolute Gasteiger partial charge is 0.314 e. The molecule has 2 rings (SSSR count). The summed E-state index contributed by atoms with van der Waals surface area (Å²) in [6.45, 7) is 0. The van der Waals surface area contributed by atoms with Crippen molar-refractivity contribution in [3.05, 3.63) is 28.2 Å². The van der Waals surface area contributed by atoms with Crippen LogP contribution in [0.4, 0.5) is 5.69 Å². The number of carbonyl (C=O) groups is 1. The van der Waals surface area contributed by atoms with E-state index in [4.69, 9.17) is 0 Å². The molecule has 2 heterocycles. The Kier molecular flexibility index (Phi) is 2.34. The van der Waals surface area contributed by atoms with Gasteiger partial charge in [-0.3, -0.25) is 9.59 Å². The lowest BCUT2D eigenvalue weighted by Gasteiger charge is -2.18. The summed E-state index contributed by atoms with van der Waals surface area (Å²) in [5, 5.41) is 0. The van der Waals surface area contributed by atoms with Gasteiger partial charge in [-0.1, -0.05) is 0 Å². The number of fused-ring (bicyclic) bond motifs is 1. The lowest BCUT2D eigenvalue weighted by atomic mass is 10.2. The van der Waals surface area contributed by atoms with E-state index in [-0.39, 0.29) is 11.5 Å². The molecule has 0 N–H and O–H groups in total. The molecule has 0 bridgehead atoms. The molecule has 0 fully saturated rings. The smallest absolute Gasteiger partial charge is 0.250 e. The van der Waals surface area contributed by atoms with Gasteiger partial charge in [-0.05, 0) is 18.9 Å². The summed E-state index contributed by atoms with van der Waals surface area (Å²) in [7, 11) is 3.52. The molecule has 1 aliphatic rings. The average Bonchev–Trinajstić information content (AvgIpc) is 2.35. The van der Waals surface area contributed by atoms with Crippen molar-refractivity contribution in [1.82, 2.24) is 4.57 Å². The highest BCUT2D eigenvalue weighted by molar-refractivity contribution is 5.93. The number of nitrogens with zero attached hydrogens (tertiary/aromatic N) is 2. The van der Waals surface area contributed by atoms with Crippen molar-refractivity contribution in [3.8, 4) is 0 Å². The summed E-state index contributed by atoms with van der Waals surface area (Å²) in [5.41, 5.74) is 1.80. The van der Waals surface area contributed by atoms with E-state index in [0.29, 0.717) is 6.42 Å². The molecule has 0 radical (unpaired) electrons. The molecular formula is C11H14N2O2. The number of rotatable bonds is 0. The molecule has 4 heteroatoms. The molecule has 80 valence electrons. The van der Waals surface area contributed by atoms with Gasteiger partial charge in [-0.2, -0.15) is 0 Å². The lowest BCUT2D eigenvalue weighted by Crippen LogP contribution is -2.28. The third kappa shape index (κ3) is 1.56. The molecule has 0 atom stereocenters. The standard InChI is InChI=1S/C11H14N2O2/c1-12-8-4-3-5-10(14)13(2)9(8)6-7-11(12)15/h6-7H,3-5H2,1-2H3. The molecule has 0 saturated carbocycles. The molecule has 1 aromatic heterocycles. The minimum absolute atomic E-state index is 0.0171. The van der Waals surface area contributed by atoms with Crippen LogP contribution in [0.2, 0.25) is 0 Å². The van der Waals surface area contributed by atoms with Gasteiger partial charge in [0.15, 0.2) is 0 Å². The predicted octanol–water partition coefficient (Wildman–Crippen LogP) is 0.684. The van der Waals surface area contributed by atoms with Crippen molar-refractivity contribution >= 4 is 11.6 Å². The summed E-state index contributed by atoms with van der Waals surface area (Å²) in [5.74, 6) is 0.118. The van der Waals surface area contributed by atoms with E-state index in [1.807, 2.05) is 0 Å². The molecule has 1 aromatic rings. The first-order valence-corrected chi connectivity index (χ1v) is 5.06. The summed E-state index contributed by atoms with van der Waals surface area (Å²) >= 11 is 0. The number of hydrogen-bond acceptors (Lipinski definition) is 2. The molecule has 0 aliphatic carbocycles. The number of aromatic nitrogens is 1. The van der Waals surface area contributed by atoms with Crippen LogP contribution in [0, 0.1) is 0 Å². The van der Waals surface area contributed by atoms with Crippen LogP contribution in [0.1, 0.15) is 18.5 Å². The van der Waals surface area contributed by atoms with Crippen LogP contribution in [0.15, 0.2) is 16.9 Å². The normalized spacial score (nSPS) is 16.1. The van der Waals surface area contributed by atoms with Gasteiger partial charge in [0.25, 0.3) is 5.56 Å². The van der Waals surface area contributed by atoms with Crippen LogP contribution in [-0.2, 0) is 18.3 Å². The van der Waals surface area contributed by atoms with Crippen molar-refractivity contribution in [1.29, 1.82) is 0 Å². The average molecular weight is 206 g/mol. The summed E-state index contributed by atoms with van der Waals surface area (Å²) in [6.07, 6.45) is 2.16. The van der Waals surface area contributed by atoms with Crippen LogP contribution < -0.4 is 10.5 Å². The van der Waals surface area contributed by atoms with Crippen molar-refractivity contribution in [2.24, 2.45) is 7.05 Å². The minimum atomic E-state index is -0.0171. The Labute approximate surface area is 88.1 Å². The monoisotopic (exact) mass is 206 g/mol. The molecule has 15 heavy (non-hydrogen) atoms. The second kappa shape index (κ2) is 3.53. The summed E-state index contributed by atoms with van der Waals surface area (Å²) < 4.78 is 1.63. The Morgan fingerprint density at radius 1 is 1.13 bits per heavy atom. The fourth-order valence-electron chi connectivity index (χ4n) is 1.97. The van der Waals surface area contributed by atoms with Crippen LogP contribution >= 0.6 is 0 Å². The number of pyridine rings is 1. The predicted molar refractivity (Wildman–Crippen MR) is 58.0 cm³/mol. The zero-order valence-electron chi connectivity index (χ0n) is 8.99. The van der Waals surface area contributed by atoms with E-state index in [1.165, 1.54) is 6.07 Å². The molecule has 0 unspecified atom stereocenters. The molecule has 0 aromatic carbocycles. The molecule has 4 nitrogen and oxygen atoms in total. The van der Waals surface area contributed by atoms with Gasteiger partial charge in [0.2, 0.25) is 5.91 Å². The topological polar surface area (TPSA) is 42.3 Å². The van der Waals surface area contributed by atoms with Gasteiger partial charge < -0.3 is 9.47 Å². The van der Waals surface area contributed by atoms with E-state index >= 15 is 0 Å². The molecule has 1 amide bonds. The molecule has 1 aliphatic heterocycles. The molecular weight excluding hydrogens is 192 g/mol. The Balaban J connectivity index is 2.62. The number of hydrogen-bond donors (Lipinski definition) is 0. The first-order valence-electron chi connectivity index (χ1n) is 5.06. The van der Waals surface area contributed by atoms with Gasteiger partial charge in [-0.25, -0.2) is 0 Å². The van der Waals surface area contributed by atoms with Crippen molar-refractivity contribution in [2.75, 3.05) is 11.9 Å². The second-order valence-electron chi connectivity index (χ2n) is 3.87. The SMILES string of the molecule is CN1C(=O)CCCc2c1ccc(=O)n2C. The zero-order chi connectivity index (χ0) is 11.0. The fourth-order valence-corrected chi connectivity index (χ4v) is 1.97. The Hall–Kier alpha value is -1.58. The van der Waals surface area contributed by atoms with Crippen LogP contribution in [0.3, 0.4) is 0 Å². The Morgan fingerprint density at radius 3 is 2.60 bits per heavy atom. The van der Waals surface area contributed by atoms with E-state index in [9.17, 15) is 9.59 Å². The first-order chi connectivity index (χ1) is 7.11. The van der Waals surface area contributed by atoms with Crippen molar-refractivity contribution in [2.45, 2.75) is 19.3 Å².